The molecule has 1 aromatic rings. The van der Waals surface area contributed by atoms with E-state index in [4.69, 9.17) is 5.11 Å². The Kier molecular flexibility index (Phi) is 6.11. The van der Waals surface area contributed by atoms with Crippen LogP contribution in [-0.2, 0) is 17.6 Å². The predicted molar refractivity (Wildman–Crippen MR) is 107 cm³/mol. The van der Waals surface area contributed by atoms with Crippen LogP contribution >= 0.6 is 0 Å². The van der Waals surface area contributed by atoms with Crippen molar-refractivity contribution in [2.24, 2.45) is 5.92 Å². The molecule has 2 heterocycles. The maximum Gasteiger partial charge on any atom is 0.224 e. The molecule has 5 nitrogen and oxygen atoms in total. The van der Waals surface area contributed by atoms with Gasteiger partial charge in [-0.15, -0.1) is 0 Å². The lowest BCUT2D eigenvalue weighted by Gasteiger charge is -2.43. The number of carbonyl (C=O) groups is 1. The van der Waals surface area contributed by atoms with Gasteiger partial charge in [-0.3, -0.25) is 14.6 Å². The maximum absolute atomic E-state index is 12.3. The SMILES string of the molecule is O=C(NCCO)[C@H]1CCCN(C2CCN(C3Cc4ccccc4C3)CC2)C1. The molecule has 1 aromatic carbocycles. The van der Waals surface area contributed by atoms with Gasteiger partial charge in [0, 0.05) is 25.2 Å². The summed E-state index contributed by atoms with van der Waals surface area (Å²) in [5.74, 6) is 0.211. The van der Waals surface area contributed by atoms with Crippen LogP contribution in [0.25, 0.3) is 0 Å². The van der Waals surface area contributed by atoms with Crippen molar-refractivity contribution in [3.63, 3.8) is 0 Å². The fourth-order valence-electron chi connectivity index (χ4n) is 5.29. The number of likely N-dealkylation sites (tertiary alicyclic amines) is 2. The zero-order valence-corrected chi connectivity index (χ0v) is 16.3. The molecule has 0 bridgehead atoms. The van der Waals surface area contributed by atoms with Crippen molar-refractivity contribution in [1.29, 1.82) is 0 Å². The number of amides is 1. The number of rotatable bonds is 5. The van der Waals surface area contributed by atoms with Gasteiger partial charge < -0.3 is 10.4 Å². The molecule has 0 radical (unpaired) electrons. The van der Waals surface area contributed by atoms with E-state index in [9.17, 15) is 4.79 Å². The maximum atomic E-state index is 12.3. The molecule has 0 saturated carbocycles. The van der Waals surface area contributed by atoms with E-state index in [1.165, 1.54) is 49.9 Å². The summed E-state index contributed by atoms with van der Waals surface area (Å²) in [6.07, 6.45) is 6.94. The van der Waals surface area contributed by atoms with E-state index < -0.39 is 0 Å². The molecule has 1 atom stereocenters. The van der Waals surface area contributed by atoms with Gasteiger partial charge in [-0.05, 0) is 69.3 Å². The Hall–Kier alpha value is -1.43. The summed E-state index contributed by atoms with van der Waals surface area (Å²) in [5.41, 5.74) is 3.08. The molecule has 4 rings (SSSR count). The average Bonchev–Trinajstić information content (AvgIpc) is 3.16. The minimum Gasteiger partial charge on any atom is -0.395 e. The van der Waals surface area contributed by atoms with Crippen molar-refractivity contribution in [3.05, 3.63) is 35.4 Å². The van der Waals surface area contributed by atoms with Crippen LogP contribution in [0.5, 0.6) is 0 Å². The van der Waals surface area contributed by atoms with Gasteiger partial charge in [-0.25, -0.2) is 0 Å². The molecule has 2 fully saturated rings. The van der Waals surface area contributed by atoms with Crippen LogP contribution in [0.4, 0.5) is 0 Å². The zero-order valence-electron chi connectivity index (χ0n) is 16.3. The number of hydrogen-bond donors (Lipinski definition) is 2. The number of aliphatic hydroxyl groups excluding tert-OH is 1. The van der Waals surface area contributed by atoms with Crippen molar-refractivity contribution < 1.29 is 9.90 Å². The highest BCUT2D eigenvalue weighted by Crippen LogP contribution is 2.29. The highest BCUT2D eigenvalue weighted by molar-refractivity contribution is 5.78. The number of aliphatic hydroxyl groups is 1. The molecule has 27 heavy (non-hydrogen) atoms. The summed E-state index contributed by atoms with van der Waals surface area (Å²) in [4.78, 5) is 17.5. The molecule has 2 N–H and O–H groups in total. The fourth-order valence-corrected chi connectivity index (χ4v) is 5.29. The first kappa shape index (κ1) is 18.9. The standard InChI is InChI=1S/C22H33N3O2/c26-13-9-23-22(27)19-6-3-10-25(16-19)20-7-11-24(12-8-20)21-14-17-4-1-2-5-18(17)15-21/h1-2,4-5,19-21,26H,3,6-16H2,(H,23,27)/t19-/m0/s1. The van der Waals surface area contributed by atoms with E-state index in [2.05, 4.69) is 39.4 Å². The lowest BCUT2D eigenvalue weighted by atomic mass is 9.92. The Bertz CT molecular complexity index is 617. The Balaban J connectivity index is 1.26. The second kappa shape index (κ2) is 8.72. The summed E-state index contributed by atoms with van der Waals surface area (Å²) >= 11 is 0. The van der Waals surface area contributed by atoms with Gasteiger partial charge in [0.25, 0.3) is 0 Å². The second-order valence-electron chi connectivity index (χ2n) is 8.45. The van der Waals surface area contributed by atoms with Crippen molar-refractivity contribution >= 4 is 5.91 Å². The molecule has 2 saturated heterocycles. The summed E-state index contributed by atoms with van der Waals surface area (Å²) < 4.78 is 0. The van der Waals surface area contributed by atoms with Crippen LogP contribution < -0.4 is 5.32 Å². The largest absolute Gasteiger partial charge is 0.395 e. The Labute approximate surface area is 162 Å². The quantitative estimate of drug-likeness (QED) is 0.822. The summed E-state index contributed by atoms with van der Waals surface area (Å²) in [5, 5.41) is 11.8. The highest BCUT2D eigenvalue weighted by atomic mass is 16.3. The van der Waals surface area contributed by atoms with Gasteiger partial charge in [0.2, 0.25) is 5.91 Å². The summed E-state index contributed by atoms with van der Waals surface area (Å²) in [6.45, 7) is 4.77. The summed E-state index contributed by atoms with van der Waals surface area (Å²) in [6, 6.07) is 10.2. The normalized spacial score (nSPS) is 25.4. The molecular formula is C22H33N3O2. The summed E-state index contributed by atoms with van der Waals surface area (Å²) in [7, 11) is 0. The van der Waals surface area contributed by atoms with Crippen molar-refractivity contribution in [2.75, 3.05) is 39.3 Å². The van der Waals surface area contributed by atoms with E-state index in [1.54, 1.807) is 0 Å². The molecule has 1 amide bonds. The number of nitrogens with one attached hydrogen (secondary N) is 1. The smallest absolute Gasteiger partial charge is 0.224 e. The fraction of sp³-hybridized carbons (Fsp3) is 0.682. The minimum absolute atomic E-state index is 0.0195. The molecule has 0 aromatic heterocycles. The first-order chi connectivity index (χ1) is 13.2. The second-order valence-corrected chi connectivity index (χ2v) is 8.45. The molecule has 148 valence electrons. The van der Waals surface area contributed by atoms with Gasteiger partial charge in [0.15, 0.2) is 0 Å². The molecule has 3 aliphatic rings. The number of nitrogens with zero attached hydrogens (tertiary/aromatic N) is 2. The Morgan fingerprint density at radius 1 is 1.00 bits per heavy atom. The molecule has 1 aliphatic carbocycles. The van der Waals surface area contributed by atoms with E-state index in [-0.39, 0.29) is 18.4 Å². The molecule has 0 unspecified atom stereocenters. The molecular weight excluding hydrogens is 338 g/mol. The third-order valence-corrected chi connectivity index (χ3v) is 6.80. The number of hydrogen-bond acceptors (Lipinski definition) is 4. The van der Waals surface area contributed by atoms with Crippen molar-refractivity contribution in [3.8, 4) is 0 Å². The number of fused-ring (bicyclic) bond motifs is 1. The first-order valence-electron chi connectivity index (χ1n) is 10.7. The van der Waals surface area contributed by atoms with Crippen LogP contribution in [0.3, 0.4) is 0 Å². The van der Waals surface area contributed by atoms with Crippen molar-refractivity contribution in [1.82, 2.24) is 15.1 Å². The van der Waals surface area contributed by atoms with E-state index >= 15 is 0 Å². The van der Waals surface area contributed by atoms with Gasteiger partial charge in [0.05, 0.1) is 12.5 Å². The average molecular weight is 372 g/mol. The molecule has 2 aliphatic heterocycles. The van der Waals surface area contributed by atoms with E-state index in [1.807, 2.05) is 0 Å². The monoisotopic (exact) mass is 371 g/mol. The van der Waals surface area contributed by atoms with Gasteiger partial charge in [0.1, 0.15) is 0 Å². The van der Waals surface area contributed by atoms with Crippen LogP contribution in [0.15, 0.2) is 24.3 Å². The third kappa shape index (κ3) is 4.36. The first-order valence-corrected chi connectivity index (χ1v) is 10.7. The predicted octanol–water partition coefficient (Wildman–Crippen LogP) is 1.44. The lowest BCUT2D eigenvalue weighted by molar-refractivity contribution is -0.127. The Morgan fingerprint density at radius 2 is 1.70 bits per heavy atom. The number of benzene rings is 1. The third-order valence-electron chi connectivity index (χ3n) is 6.80. The number of carbonyl (C=O) groups excluding carboxylic acids is 1. The minimum atomic E-state index is 0.0195. The van der Waals surface area contributed by atoms with Crippen LogP contribution in [0, 0.1) is 5.92 Å². The van der Waals surface area contributed by atoms with E-state index in [0.29, 0.717) is 18.6 Å². The van der Waals surface area contributed by atoms with Gasteiger partial charge in [-0.2, -0.15) is 0 Å². The lowest BCUT2D eigenvalue weighted by Crippen LogP contribution is -2.52. The van der Waals surface area contributed by atoms with Gasteiger partial charge in [-0.1, -0.05) is 24.3 Å². The zero-order chi connectivity index (χ0) is 18.6. The van der Waals surface area contributed by atoms with Crippen LogP contribution in [-0.4, -0.2) is 72.2 Å². The Morgan fingerprint density at radius 3 is 2.37 bits per heavy atom. The van der Waals surface area contributed by atoms with Crippen molar-refractivity contribution in [2.45, 2.75) is 50.6 Å². The topological polar surface area (TPSA) is 55.8 Å². The van der Waals surface area contributed by atoms with Gasteiger partial charge >= 0.3 is 0 Å². The highest BCUT2D eigenvalue weighted by Gasteiger charge is 2.34. The van der Waals surface area contributed by atoms with E-state index in [0.717, 1.165) is 25.9 Å². The molecule has 5 heteroatoms. The molecule has 0 spiro atoms. The van der Waals surface area contributed by atoms with Crippen LogP contribution in [0.1, 0.15) is 36.8 Å². The number of piperidine rings is 2. The van der Waals surface area contributed by atoms with Crippen LogP contribution in [0.2, 0.25) is 0 Å².